The number of thioether (sulfide) groups is 1. The van der Waals surface area contributed by atoms with Gasteiger partial charge in [0.1, 0.15) is 20.2 Å². The van der Waals surface area contributed by atoms with Gasteiger partial charge in [-0.05, 0) is 12.3 Å². The fourth-order valence-electron chi connectivity index (χ4n) is 1.14. The van der Waals surface area contributed by atoms with Gasteiger partial charge in [-0.25, -0.2) is 4.39 Å². The lowest BCUT2D eigenvalue weighted by atomic mass is 9.95. The van der Waals surface area contributed by atoms with Crippen molar-refractivity contribution >= 4 is 25.1 Å². The van der Waals surface area contributed by atoms with Gasteiger partial charge >= 0.3 is 0 Å². The monoisotopic (exact) mass is 197 g/mol. The van der Waals surface area contributed by atoms with E-state index in [9.17, 15) is 9.30 Å². The van der Waals surface area contributed by atoms with Crippen LogP contribution in [0.4, 0.5) is 4.39 Å². The zero-order valence-electron chi connectivity index (χ0n) is 7.50. The van der Waals surface area contributed by atoms with Gasteiger partial charge in [-0.2, -0.15) is 4.91 Å². The van der Waals surface area contributed by atoms with Gasteiger partial charge in [0.2, 0.25) is 0 Å². The molecule has 0 amide bonds. The number of nitrogens with zero attached hydrogens (tertiary/aromatic N) is 1. The first-order valence-corrected chi connectivity index (χ1v) is 5.03. The zero-order chi connectivity index (χ0) is 9.84. The molecule has 1 aromatic rings. The molecule has 0 atom stereocenters. The maximum Gasteiger partial charge on any atom is 0.139 e. The van der Waals surface area contributed by atoms with Gasteiger partial charge in [0.25, 0.3) is 0 Å². The second kappa shape index (κ2) is 4.41. The van der Waals surface area contributed by atoms with E-state index in [2.05, 4.69) is 5.18 Å². The van der Waals surface area contributed by atoms with Crippen molar-refractivity contribution in [3.8, 4) is 0 Å². The standard InChI is InChI=1S/C8H9BFNOS/c1-13-8-3-5(9)2-7(10)6(8)4-11-12/h2-3H,4,9H2,1H3. The van der Waals surface area contributed by atoms with E-state index in [1.807, 2.05) is 20.2 Å². The lowest BCUT2D eigenvalue weighted by Gasteiger charge is -2.06. The SMILES string of the molecule is Bc1cc(F)c(CN=O)c(SC)c1. The molecule has 0 saturated carbocycles. The predicted molar refractivity (Wildman–Crippen MR) is 55.9 cm³/mol. The van der Waals surface area contributed by atoms with E-state index >= 15 is 0 Å². The molecule has 0 unspecified atom stereocenters. The predicted octanol–water partition coefficient (Wildman–Crippen LogP) is 1.07. The summed E-state index contributed by atoms with van der Waals surface area (Å²) in [6.07, 6.45) is 1.85. The Morgan fingerprint density at radius 2 is 2.31 bits per heavy atom. The maximum atomic E-state index is 13.3. The number of halogens is 1. The summed E-state index contributed by atoms with van der Waals surface area (Å²) in [5, 5.41) is 2.70. The highest BCUT2D eigenvalue weighted by atomic mass is 32.2. The number of hydrogen-bond acceptors (Lipinski definition) is 3. The van der Waals surface area contributed by atoms with Crippen LogP contribution in [-0.4, -0.2) is 14.1 Å². The van der Waals surface area contributed by atoms with Crippen molar-refractivity contribution in [3.63, 3.8) is 0 Å². The molecular formula is C8H9BFNOS. The van der Waals surface area contributed by atoms with Gasteiger partial charge in [-0.15, -0.1) is 11.8 Å². The molecule has 1 aromatic carbocycles. The average molecular weight is 197 g/mol. The normalized spacial score (nSPS) is 10.0. The van der Waals surface area contributed by atoms with Crippen molar-refractivity contribution in [2.45, 2.75) is 11.4 Å². The minimum Gasteiger partial charge on any atom is -0.207 e. The Morgan fingerprint density at radius 3 is 2.85 bits per heavy atom. The van der Waals surface area contributed by atoms with Crippen LogP contribution in [0.25, 0.3) is 0 Å². The molecule has 0 spiro atoms. The zero-order valence-corrected chi connectivity index (χ0v) is 8.32. The third-order valence-corrected chi connectivity index (χ3v) is 2.55. The van der Waals surface area contributed by atoms with E-state index in [-0.39, 0.29) is 12.4 Å². The Labute approximate surface area is 81.3 Å². The molecule has 2 nitrogen and oxygen atoms in total. The van der Waals surface area contributed by atoms with Crippen molar-refractivity contribution in [1.82, 2.24) is 0 Å². The molecule has 68 valence electrons. The average Bonchev–Trinajstić information content (AvgIpc) is 2.09. The molecule has 0 saturated heterocycles. The van der Waals surface area contributed by atoms with Gasteiger partial charge in [0.15, 0.2) is 0 Å². The topological polar surface area (TPSA) is 29.4 Å². The van der Waals surface area contributed by atoms with E-state index in [1.165, 1.54) is 17.8 Å². The van der Waals surface area contributed by atoms with Crippen LogP contribution >= 0.6 is 11.8 Å². The van der Waals surface area contributed by atoms with E-state index in [4.69, 9.17) is 0 Å². The third kappa shape index (κ3) is 2.31. The van der Waals surface area contributed by atoms with E-state index in [1.54, 1.807) is 0 Å². The highest BCUT2D eigenvalue weighted by Gasteiger charge is 2.08. The molecule has 0 aliphatic rings. The molecule has 0 aliphatic heterocycles. The van der Waals surface area contributed by atoms with E-state index < -0.39 is 0 Å². The van der Waals surface area contributed by atoms with Gasteiger partial charge in [0.05, 0.1) is 0 Å². The summed E-state index contributed by atoms with van der Waals surface area (Å²) in [5.41, 5.74) is 1.25. The Kier molecular flexibility index (Phi) is 3.48. The first kappa shape index (κ1) is 10.2. The van der Waals surface area contributed by atoms with Crippen molar-refractivity contribution in [2.24, 2.45) is 5.18 Å². The van der Waals surface area contributed by atoms with Crippen molar-refractivity contribution in [3.05, 3.63) is 28.4 Å². The van der Waals surface area contributed by atoms with Crippen LogP contribution in [-0.2, 0) is 6.54 Å². The van der Waals surface area contributed by atoms with Crippen molar-refractivity contribution in [1.29, 1.82) is 0 Å². The number of hydrogen-bond donors (Lipinski definition) is 0. The molecule has 0 fully saturated rings. The molecule has 0 aromatic heterocycles. The van der Waals surface area contributed by atoms with Crippen LogP contribution in [0, 0.1) is 10.7 Å². The van der Waals surface area contributed by atoms with E-state index in [0.29, 0.717) is 5.56 Å². The Balaban J connectivity index is 3.20. The summed E-state index contributed by atoms with van der Waals surface area (Å²) in [4.78, 5) is 10.8. The van der Waals surface area contributed by atoms with Gasteiger partial charge in [-0.3, -0.25) is 0 Å². The highest BCUT2D eigenvalue weighted by Crippen LogP contribution is 2.22. The molecule has 0 aliphatic carbocycles. The van der Waals surface area contributed by atoms with Gasteiger partial charge < -0.3 is 0 Å². The molecule has 5 heteroatoms. The van der Waals surface area contributed by atoms with Crippen molar-refractivity contribution < 1.29 is 4.39 Å². The van der Waals surface area contributed by atoms with Gasteiger partial charge in [0, 0.05) is 10.5 Å². The quantitative estimate of drug-likeness (QED) is 0.412. The second-order valence-electron chi connectivity index (χ2n) is 2.71. The van der Waals surface area contributed by atoms with Gasteiger partial charge in [-0.1, -0.05) is 16.7 Å². The van der Waals surface area contributed by atoms with Crippen LogP contribution in [0.15, 0.2) is 22.2 Å². The lowest BCUT2D eigenvalue weighted by molar-refractivity contribution is 0.606. The smallest absolute Gasteiger partial charge is 0.139 e. The lowest BCUT2D eigenvalue weighted by Crippen LogP contribution is -2.06. The van der Waals surface area contributed by atoms with Crippen LogP contribution in [0.1, 0.15) is 5.56 Å². The fourth-order valence-corrected chi connectivity index (χ4v) is 1.85. The van der Waals surface area contributed by atoms with Crippen LogP contribution in [0.3, 0.4) is 0 Å². The molecule has 0 N–H and O–H groups in total. The Hall–Kier alpha value is -0.835. The first-order chi connectivity index (χ1) is 6.19. The minimum absolute atomic E-state index is 0.0950. The number of benzene rings is 1. The van der Waals surface area contributed by atoms with Crippen LogP contribution in [0.5, 0.6) is 0 Å². The largest absolute Gasteiger partial charge is 0.207 e. The minimum atomic E-state index is -0.344. The summed E-state index contributed by atoms with van der Waals surface area (Å²) in [6.45, 7) is -0.0950. The summed E-state index contributed by atoms with van der Waals surface area (Å²) >= 11 is 1.42. The fraction of sp³-hybridized carbons (Fsp3) is 0.250. The maximum absolute atomic E-state index is 13.3. The highest BCUT2D eigenvalue weighted by molar-refractivity contribution is 7.98. The summed E-state index contributed by atoms with van der Waals surface area (Å²) in [7, 11) is 1.82. The molecular weight excluding hydrogens is 188 g/mol. The molecule has 0 radical (unpaired) electrons. The molecule has 13 heavy (non-hydrogen) atoms. The molecule has 0 heterocycles. The molecule has 1 rings (SSSR count). The Bertz CT molecular complexity index is 332. The van der Waals surface area contributed by atoms with Crippen LogP contribution in [0.2, 0.25) is 0 Å². The summed E-state index contributed by atoms with van der Waals surface area (Å²) in [5.74, 6) is -0.344. The summed E-state index contributed by atoms with van der Waals surface area (Å²) in [6, 6.07) is 3.27. The van der Waals surface area contributed by atoms with Crippen LogP contribution < -0.4 is 5.46 Å². The van der Waals surface area contributed by atoms with E-state index in [0.717, 1.165) is 10.4 Å². The Morgan fingerprint density at radius 1 is 1.62 bits per heavy atom. The summed E-state index contributed by atoms with van der Waals surface area (Å²) < 4.78 is 13.3. The number of rotatable bonds is 3. The third-order valence-electron chi connectivity index (χ3n) is 1.74. The first-order valence-electron chi connectivity index (χ1n) is 3.81. The molecule has 0 bridgehead atoms. The second-order valence-corrected chi connectivity index (χ2v) is 3.56. The number of nitroso groups, excluding NO2 is 1. The van der Waals surface area contributed by atoms with Crippen molar-refractivity contribution in [2.75, 3.05) is 6.26 Å².